The van der Waals surface area contributed by atoms with Gasteiger partial charge in [0.25, 0.3) is 5.91 Å². The number of amides is 1. The maximum atomic E-state index is 13.2. The van der Waals surface area contributed by atoms with Gasteiger partial charge in [0.05, 0.1) is 11.5 Å². The molecule has 1 heterocycles. The normalized spacial score (nSPS) is 13.3. The Morgan fingerprint density at radius 3 is 2.45 bits per heavy atom. The van der Waals surface area contributed by atoms with Crippen LogP contribution in [0.2, 0.25) is 0 Å². The van der Waals surface area contributed by atoms with Crippen molar-refractivity contribution in [1.82, 2.24) is 10.2 Å². The minimum atomic E-state index is -0.748. The number of likely N-dealkylation sites (N-methyl/N-ethyl adjacent to an activating group) is 1. The van der Waals surface area contributed by atoms with E-state index in [4.69, 9.17) is 39.8 Å². The summed E-state index contributed by atoms with van der Waals surface area (Å²) >= 11 is 17.0. The number of nitrogens with zero attached hydrogens (tertiary/aromatic N) is 1. The summed E-state index contributed by atoms with van der Waals surface area (Å²) in [5.74, 6) is 0.441. The molecule has 1 N–H and O–H groups in total. The van der Waals surface area contributed by atoms with E-state index in [-0.39, 0.29) is 5.70 Å². The second-order valence-electron chi connectivity index (χ2n) is 7.00. The summed E-state index contributed by atoms with van der Waals surface area (Å²) in [4.78, 5) is 26.2. The molecule has 0 saturated heterocycles. The number of furan rings is 1. The highest BCUT2D eigenvalue weighted by atomic mass is 35.5. The molecular weight excluding hydrogens is 479 g/mol. The van der Waals surface area contributed by atoms with Crippen molar-refractivity contribution in [2.45, 2.75) is 19.4 Å². The molecule has 0 aliphatic heterocycles. The minimum Gasteiger partial charge on any atom is -0.457 e. The van der Waals surface area contributed by atoms with E-state index in [0.717, 1.165) is 5.56 Å². The van der Waals surface area contributed by atoms with Gasteiger partial charge in [-0.05, 0) is 36.8 Å². The predicted molar refractivity (Wildman–Crippen MR) is 139 cm³/mol. The second-order valence-corrected chi connectivity index (χ2v) is 8.29. The van der Waals surface area contributed by atoms with Gasteiger partial charge < -0.3 is 14.5 Å². The first-order valence-electron chi connectivity index (χ1n) is 9.95. The second kappa shape index (κ2) is 12.9. The molecule has 0 aliphatic carbocycles. The lowest BCUT2D eigenvalue weighted by Gasteiger charge is -2.24. The van der Waals surface area contributed by atoms with Crippen molar-refractivity contribution in [3.8, 4) is 0 Å². The molecule has 2 aromatic rings. The monoisotopic (exact) mass is 502 g/mol. The highest BCUT2D eigenvalue weighted by Crippen LogP contribution is 2.25. The molecular formula is C25H24Cl2N2O3S. The number of halogens is 2. The summed E-state index contributed by atoms with van der Waals surface area (Å²) in [6.07, 6.45) is 5.90. The van der Waals surface area contributed by atoms with Gasteiger partial charge in [-0.2, -0.15) is 0 Å². The molecule has 1 aromatic heterocycles. The molecule has 0 bridgehead atoms. The van der Waals surface area contributed by atoms with Crippen LogP contribution in [0.25, 0.3) is 11.6 Å². The van der Waals surface area contributed by atoms with E-state index in [1.54, 1.807) is 38.3 Å². The Bertz CT molecular complexity index is 1100. The van der Waals surface area contributed by atoms with E-state index >= 15 is 0 Å². The number of hydrogen-bond donors (Lipinski definition) is 1. The van der Waals surface area contributed by atoms with Gasteiger partial charge >= 0.3 is 0 Å². The lowest BCUT2D eigenvalue weighted by Crippen LogP contribution is -2.43. The Morgan fingerprint density at radius 2 is 1.91 bits per heavy atom. The van der Waals surface area contributed by atoms with Crippen molar-refractivity contribution >= 4 is 64.8 Å². The van der Waals surface area contributed by atoms with E-state index in [0.29, 0.717) is 39.9 Å². The standard InChI is InChI=1S/C25H24Cl2N2O3S/c1-17(26)11-20(12-18(2)27)24-10-9-22(32-24)14-23(28-3)25(31)29(16-33)21(15-30)13-19-7-5-4-6-8-19/h4-12,14-16,21,28H,1,13H2,2-3H3/b18-12?,20-11+,23-14+. The molecule has 1 atom stereocenters. The third-order valence-corrected chi connectivity index (χ3v) is 4.96. The third kappa shape index (κ3) is 7.86. The van der Waals surface area contributed by atoms with E-state index in [9.17, 15) is 9.59 Å². The van der Waals surface area contributed by atoms with Crippen LogP contribution < -0.4 is 5.32 Å². The van der Waals surface area contributed by atoms with E-state index in [1.165, 1.54) is 16.5 Å². The molecule has 1 unspecified atom stereocenters. The molecule has 0 fully saturated rings. The Kier molecular flexibility index (Phi) is 10.3. The Morgan fingerprint density at radius 1 is 1.21 bits per heavy atom. The Balaban J connectivity index is 2.32. The summed E-state index contributed by atoms with van der Waals surface area (Å²) in [5, 5.41) is 3.71. The van der Waals surface area contributed by atoms with Crippen molar-refractivity contribution in [3.63, 3.8) is 0 Å². The first-order chi connectivity index (χ1) is 15.8. The molecule has 1 amide bonds. The molecule has 172 valence electrons. The third-order valence-electron chi connectivity index (χ3n) is 4.51. The first kappa shape index (κ1) is 26.3. The smallest absolute Gasteiger partial charge is 0.275 e. The number of carbonyl (C=O) groups excluding carboxylic acids is 2. The number of hydrogen-bond acceptors (Lipinski definition) is 5. The van der Waals surface area contributed by atoms with Crippen LogP contribution in [-0.2, 0) is 16.0 Å². The number of aldehydes is 1. The van der Waals surface area contributed by atoms with Gasteiger partial charge in [0.15, 0.2) is 0 Å². The number of rotatable bonds is 11. The number of nitrogens with one attached hydrogen (secondary N) is 1. The average molecular weight is 503 g/mol. The predicted octanol–water partition coefficient (Wildman–Crippen LogP) is 5.71. The fourth-order valence-corrected chi connectivity index (χ4v) is 3.51. The largest absolute Gasteiger partial charge is 0.457 e. The highest BCUT2D eigenvalue weighted by molar-refractivity contribution is 7.78. The van der Waals surface area contributed by atoms with Gasteiger partial charge in [0.1, 0.15) is 23.5 Å². The fourth-order valence-electron chi connectivity index (χ4n) is 3.02. The number of carbonyl (C=O) groups is 2. The highest BCUT2D eigenvalue weighted by Gasteiger charge is 2.25. The Labute approximate surface area is 209 Å². The summed E-state index contributed by atoms with van der Waals surface area (Å²) in [6.45, 7) is 5.39. The molecule has 0 spiro atoms. The van der Waals surface area contributed by atoms with Crippen LogP contribution >= 0.6 is 35.4 Å². The molecule has 8 heteroatoms. The van der Waals surface area contributed by atoms with Gasteiger partial charge in [0.2, 0.25) is 0 Å². The lowest BCUT2D eigenvalue weighted by molar-refractivity contribution is -0.128. The van der Waals surface area contributed by atoms with Crippen LogP contribution in [-0.4, -0.2) is 35.7 Å². The number of thiocarbonyl (C=S) groups is 1. The van der Waals surface area contributed by atoms with Gasteiger partial charge in [-0.3, -0.25) is 9.69 Å². The summed E-state index contributed by atoms with van der Waals surface area (Å²) in [7, 11) is 1.60. The van der Waals surface area contributed by atoms with E-state index < -0.39 is 11.9 Å². The van der Waals surface area contributed by atoms with Crippen LogP contribution in [0.4, 0.5) is 0 Å². The molecule has 33 heavy (non-hydrogen) atoms. The SMILES string of the molecule is C=C(Cl)/C=C(\C=C(C)Cl)c1ccc(/C=C(/NC)C(=O)N(C=S)C(C=O)Cc2ccccc2)o1. The summed E-state index contributed by atoms with van der Waals surface area (Å²) < 4.78 is 5.86. The molecule has 2 rings (SSSR count). The molecule has 0 radical (unpaired) electrons. The van der Waals surface area contributed by atoms with Crippen molar-refractivity contribution in [3.05, 3.63) is 94.0 Å². The quantitative estimate of drug-likeness (QED) is 0.184. The van der Waals surface area contributed by atoms with Crippen molar-refractivity contribution in [1.29, 1.82) is 0 Å². The van der Waals surface area contributed by atoms with Gasteiger partial charge in [0, 0.05) is 35.2 Å². The van der Waals surface area contributed by atoms with Gasteiger partial charge in [-0.15, -0.1) is 0 Å². The Hall–Kier alpha value is -2.93. The zero-order chi connectivity index (χ0) is 24.4. The van der Waals surface area contributed by atoms with Crippen LogP contribution in [0.1, 0.15) is 24.0 Å². The van der Waals surface area contributed by atoms with Crippen LogP contribution in [0.15, 0.2) is 81.4 Å². The lowest BCUT2D eigenvalue weighted by atomic mass is 10.1. The van der Waals surface area contributed by atoms with E-state index in [2.05, 4.69) is 11.9 Å². The zero-order valence-corrected chi connectivity index (χ0v) is 20.6. The first-order valence-corrected chi connectivity index (χ1v) is 11.2. The van der Waals surface area contributed by atoms with Gasteiger partial charge in [-0.1, -0.05) is 72.3 Å². The zero-order valence-electron chi connectivity index (χ0n) is 18.3. The fraction of sp³-hybridized carbons (Fsp3) is 0.160. The van der Waals surface area contributed by atoms with Crippen LogP contribution in [0.5, 0.6) is 0 Å². The van der Waals surface area contributed by atoms with Crippen LogP contribution in [0, 0.1) is 0 Å². The summed E-state index contributed by atoms with van der Waals surface area (Å²) in [6, 6.07) is 12.1. The number of benzene rings is 1. The topological polar surface area (TPSA) is 62.6 Å². The minimum absolute atomic E-state index is 0.202. The van der Waals surface area contributed by atoms with E-state index in [1.807, 2.05) is 30.3 Å². The van der Waals surface area contributed by atoms with Crippen molar-refractivity contribution in [2.75, 3.05) is 7.05 Å². The molecule has 0 aliphatic rings. The van der Waals surface area contributed by atoms with Crippen LogP contribution in [0.3, 0.4) is 0 Å². The molecule has 1 aromatic carbocycles. The maximum absolute atomic E-state index is 13.2. The van der Waals surface area contributed by atoms with Crippen molar-refractivity contribution in [2.24, 2.45) is 0 Å². The van der Waals surface area contributed by atoms with Crippen molar-refractivity contribution < 1.29 is 14.0 Å². The van der Waals surface area contributed by atoms with Gasteiger partial charge in [-0.25, -0.2) is 0 Å². The summed E-state index contributed by atoms with van der Waals surface area (Å²) in [5.41, 5.74) is 2.93. The average Bonchev–Trinajstić information content (AvgIpc) is 3.25. The number of allylic oxidation sites excluding steroid dienone is 5. The molecule has 5 nitrogen and oxygen atoms in total. The maximum Gasteiger partial charge on any atom is 0.275 e. The molecule has 0 saturated carbocycles.